The van der Waals surface area contributed by atoms with Gasteiger partial charge in [-0.3, -0.25) is 9.69 Å². The van der Waals surface area contributed by atoms with E-state index in [1.165, 1.54) is 0 Å². The minimum absolute atomic E-state index is 0.118. The van der Waals surface area contributed by atoms with Crippen LogP contribution in [0.4, 0.5) is 0 Å². The van der Waals surface area contributed by atoms with Gasteiger partial charge in [0.15, 0.2) is 10.9 Å². The molecule has 3 rings (SSSR count). The molecule has 1 fully saturated rings. The van der Waals surface area contributed by atoms with Gasteiger partial charge in [-0.2, -0.15) is 0 Å². The van der Waals surface area contributed by atoms with Gasteiger partial charge in [-0.25, -0.2) is 0 Å². The van der Waals surface area contributed by atoms with E-state index in [0.29, 0.717) is 49.7 Å². The largest absolute Gasteiger partial charge is 0.483 e. The topological polar surface area (TPSA) is 54.7 Å². The number of hydrogen-bond acceptors (Lipinski definition) is 4. The number of benzene rings is 1. The van der Waals surface area contributed by atoms with Crippen LogP contribution in [0, 0.1) is 0 Å². The summed E-state index contributed by atoms with van der Waals surface area (Å²) in [7, 11) is 0. The fourth-order valence-electron chi connectivity index (χ4n) is 2.59. The second-order valence-electron chi connectivity index (χ2n) is 6.09. The number of carbonyl (C=O) groups is 1. The molecule has 1 N–H and O–H groups in total. The summed E-state index contributed by atoms with van der Waals surface area (Å²) < 4.78 is 11.3. The van der Waals surface area contributed by atoms with E-state index in [9.17, 15) is 4.79 Å². The molecule has 28 heavy (non-hydrogen) atoms. The highest BCUT2D eigenvalue weighted by molar-refractivity contribution is 7.80. The van der Waals surface area contributed by atoms with Crippen molar-refractivity contribution in [2.45, 2.75) is 26.4 Å². The van der Waals surface area contributed by atoms with Crippen LogP contribution in [0.5, 0.6) is 5.75 Å². The molecule has 1 saturated heterocycles. The fraction of sp³-hybridized carbons (Fsp3) is 0.263. The summed E-state index contributed by atoms with van der Waals surface area (Å²) in [5.74, 6) is 1.22. The molecule has 0 saturated carbocycles. The van der Waals surface area contributed by atoms with Crippen LogP contribution in [-0.4, -0.2) is 22.5 Å². The number of carbonyl (C=O) groups excluding carboxylic acids is 1. The summed E-state index contributed by atoms with van der Waals surface area (Å²) in [4.78, 5) is 14.0. The lowest BCUT2D eigenvalue weighted by Gasteiger charge is -2.12. The number of nitrogens with one attached hydrogen (secondary N) is 1. The zero-order valence-electron chi connectivity index (χ0n) is 14.9. The Bertz CT molecular complexity index is 919. The summed E-state index contributed by atoms with van der Waals surface area (Å²) >= 11 is 23.3. The number of nitrogens with zero attached hydrogens (tertiary/aromatic N) is 1. The van der Waals surface area contributed by atoms with Crippen LogP contribution in [-0.2, 0) is 11.4 Å². The zero-order valence-corrected chi connectivity index (χ0v) is 18.0. The first-order valence-corrected chi connectivity index (χ1v) is 10.1. The highest BCUT2D eigenvalue weighted by atomic mass is 35.5. The first-order chi connectivity index (χ1) is 13.4. The highest BCUT2D eigenvalue weighted by Gasteiger charge is 2.30. The SMILES string of the molecule is CCCCN1C(=O)/C(=C\c2ccc(COc3c(Cl)cc(Cl)cc3Cl)o2)NC1=S. The Morgan fingerprint density at radius 2 is 1.96 bits per heavy atom. The summed E-state index contributed by atoms with van der Waals surface area (Å²) in [6, 6.07) is 6.58. The van der Waals surface area contributed by atoms with Crippen LogP contribution < -0.4 is 10.1 Å². The summed E-state index contributed by atoms with van der Waals surface area (Å²) in [6.45, 7) is 2.77. The molecule has 2 heterocycles. The second kappa shape index (κ2) is 9.18. The Hall–Kier alpha value is -1.73. The normalized spacial score (nSPS) is 15.4. The molecule has 0 spiro atoms. The Kier molecular flexibility index (Phi) is 6.88. The molecule has 148 valence electrons. The van der Waals surface area contributed by atoms with Gasteiger partial charge in [0.1, 0.15) is 23.8 Å². The average molecular weight is 460 g/mol. The van der Waals surface area contributed by atoms with E-state index in [0.717, 1.165) is 12.8 Å². The number of hydrogen-bond donors (Lipinski definition) is 1. The van der Waals surface area contributed by atoms with Crippen LogP contribution in [0.3, 0.4) is 0 Å². The van der Waals surface area contributed by atoms with Crippen LogP contribution in [0.15, 0.2) is 34.4 Å². The van der Waals surface area contributed by atoms with Crippen molar-refractivity contribution in [2.24, 2.45) is 0 Å². The Labute approximate surface area is 183 Å². The molecule has 0 atom stereocenters. The van der Waals surface area contributed by atoms with E-state index in [1.807, 2.05) is 0 Å². The van der Waals surface area contributed by atoms with Crippen LogP contribution >= 0.6 is 47.0 Å². The van der Waals surface area contributed by atoms with Crippen molar-refractivity contribution < 1.29 is 13.9 Å². The predicted molar refractivity (Wildman–Crippen MR) is 115 cm³/mol. The van der Waals surface area contributed by atoms with Crippen molar-refractivity contribution in [3.8, 4) is 5.75 Å². The van der Waals surface area contributed by atoms with Crippen molar-refractivity contribution >= 4 is 64.1 Å². The van der Waals surface area contributed by atoms with Gasteiger partial charge in [0.2, 0.25) is 0 Å². The quantitative estimate of drug-likeness (QED) is 0.426. The average Bonchev–Trinajstić information content (AvgIpc) is 3.17. The lowest BCUT2D eigenvalue weighted by Crippen LogP contribution is -2.31. The van der Waals surface area contributed by atoms with Crippen molar-refractivity contribution in [3.63, 3.8) is 0 Å². The van der Waals surface area contributed by atoms with Gasteiger partial charge in [0.05, 0.1) is 10.0 Å². The molecule has 0 unspecified atom stereocenters. The molecular weight excluding hydrogens is 443 g/mol. The van der Waals surface area contributed by atoms with E-state index in [-0.39, 0.29) is 12.5 Å². The van der Waals surface area contributed by atoms with E-state index >= 15 is 0 Å². The predicted octanol–water partition coefficient (Wildman–Crippen LogP) is 5.68. The van der Waals surface area contributed by atoms with Gasteiger partial charge in [-0.05, 0) is 42.9 Å². The Balaban J connectivity index is 1.67. The van der Waals surface area contributed by atoms with Gasteiger partial charge in [-0.1, -0.05) is 48.1 Å². The van der Waals surface area contributed by atoms with E-state index in [4.69, 9.17) is 56.2 Å². The maximum atomic E-state index is 12.4. The molecule has 1 aliphatic heterocycles. The minimum atomic E-state index is -0.160. The smallest absolute Gasteiger partial charge is 0.276 e. The Morgan fingerprint density at radius 1 is 1.25 bits per heavy atom. The molecule has 0 bridgehead atoms. The van der Waals surface area contributed by atoms with Crippen molar-refractivity contribution in [3.05, 3.63) is 56.6 Å². The summed E-state index contributed by atoms with van der Waals surface area (Å²) in [5.41, 5.74) is 0.381. The maximum absolute atomic E-state index is 12.4. The van der Waals surface area contributed by atoms with Crippen molar-refractivity contribution in [1.29, 1.82) is 0 Å². The molecule has 2 aromatic rings. The fourth-order valence-corrected chi connectivity index (χ4v) is 3.80. The van der Waals surface area contributed by atoms with Crippen LogP contribution in [0.2, 0.25) is 15.1 Å². The third-order valence-electron chi connectivity index (χ3n) is 3.99. The molecule has 9 heteroatoms. The molecule has 1 aromatic carbocycles. The number of rotatable bonds is 7. The zero-order chi connectivity index (χ0) is 20.3. The molecule has 0 radical (unpaired) electrons. The molecular formula is C19H17Cl3N2O3S. The number of amides is 1. The molecule has 1 aliphatic rings. The molecule has 1 aromatic heterocycles. The van der Waals surface area contributed by atoms with Crippen LogP contribution in [0.25, 0.3) is 6.08 Å². The number of unbranched alkanes of at least 4 members (excludes halogenated alkanes) is 1. The number of halogens is 3. The van der Waals surface area contributed by atoms with Gasteiger partial charge >= 0.3 is 0 Å². The minimum Gasteiger partial charge on any atom is -0.483 e. The number of ether oxygens (including phenoxy) is 1. The summed E-state index contributed by atoms with van der Waals surface area (Å²) in [5, 5.41) is 4.39. The summed E-state index contributed by atoms with van der Waals surface area (Å²) in [6.07, 6.45) is 3.49. The van der Waals surface area contributed by atoms with Crippen molar-refractivity contribution in [1.82, 2.24) is 10.2 Å². The van der Waals surface area contributed by atoms with Crippen molar-refractivity contribution in [2.75, 3.05) is 6.54 Å². The first-order valence-electron chi connectivity index (χ1n) is 8.59. The third-order valence-corrected chi connectivity index (χ3v) is 5.09. The molecule has 0 aliphatic carbocycles. The maximum Gasteiger partial charge on any atom is 0.276 e. The van der Waals surface area contributed by atoms with Gasteiger partial charge in [-0.15, -0.1) is 0 Å². The number of furan rings is 1. The molecule has 5 nitrogen and oxygen atoms in total. The lowest BCUT2D eigenvalue weighted by molar-refractivity contribution is -0.122. The number of thiocarbonyl (C=S) groups is 1. The van der Waals surface area contributed by atoms with Gasteiger partial charge < -0.3 is 14.5 Å². The van der Waals surface area contributed by atoms with Gasteiger partial charge in [0, 0.05) is 17.6 Å². The van der Waals surface area contributed by atoms with E-state index in [1.54, 1.807) is 35.2 Å². The standard InChI is InChI=1S/C19H17Cl3N2O3S/c1-2-3-6-24-18(25)16(23-19(24)28)9-12-4-5-13(27-12)10-26-17-14(21)7-11(20)8-15(17)22/h4-5,7-9H,2-3,6,10H2,1H3,(H,23,28)/b16-9+. The lowest BCUT2D eigenvalue weighted by atomic mass is 10.3. The van der Waals surface area contributed by atoms with E-state index in [2.05, 4.69) is 12.2 Å². The Morgan fingerprint density at radius 3 is 2.64 bits per heavy atom. The van der Waals surface area contributed by atoms with Crippen LogP contribution in [0.1, 0.15) is 31.3 Å². The monoisotopic (exact) mass is 458 g/mol. The first kappa shape index (κ1) is 21.0. The highest BCUT2D eigenvalue weighted by Crippen LogP contribution is 2.36. The van der Waals surface area contributed by atoms with E-state index < -0.39 is 0 Å². The third kappa shape index (κ3) is 4.81. The second-order valence-corrected chi connectivity index (χ2v) is 7.73. The van der Waals surface area contributed by atoms with Gasteiger partial charge in [0.25, 0.3) is 5.91 Å². The molecule has 1 amide bonds.